The molecule has 0 aliphatic heterocycles. The monoisotopic (exact) mass is 255 g/mol. The molecule has 18 heavy (non-hydrogen) atoms. The second-order valence-electron chi connectivity index (χ2n) is 4.41. The molecule has 0 spiro atoms. The SMILES string of the molecule is CCN(CCOC)c1cc(C)c(F)cc1C(C)O. The van der Waals surface area contributed by atoms with Crippen molar-refractivity contribution < 1.29 is 14.2 Å². The lowest BCUT2D eigenvalue weighted by Crippen LogP contribution is -2.28. The van der Waals surface area contributed by atoms with E-state index in [0.29, 0.717) is 17.7 Å². The zero-order valence-corrected chi connectivity index (χ0v) is 11.5. The van der Waals surface area contributed by atoms with Crippen LogP contribution < -0.4 is 4.90 Å². The van der Waals surface area contributed by atoms with Crippen LogP contribution in [0.3, 0.4) is 0 Å². The molecule has 0 aliphatic carbocycles. The molecule has 1 aromatic rings. The minimum absolute atomic E-state index is 0.280. The van der Waals surface area contributed by atoms with Gasteiger partial charge in [0.05, 0.1) is 12.7 Å². The number of benzene rings is 1. The molecule has 0 aromatic heterocycles. The van der Waals surface area contributed by atoms with Crippen molar-refractivity contribution in [3.8, 4) is 0 Å². The summed E-state index contributed by atoms with van der Waals surface area (Å²) in [5, 5.41) is 9.77. The third-order valence-corrected chi connectivity index (χ3v) is 3.05. The first-order valence-corrected chi connectivity index (χ1v) is 6.23. The second kappa shape index (κ2) is 6.71. The van der Waals surface area contributed by atoms with Crippen LogP contribution in [0.1, 0.15) is 31.1 Å². The highest BCUT2D eigenvalue weighted by molar-refractivity contribution is 5.56. The molecule has 0 amide bonds. The summed E-state index contributed by atoms with van der Waals surface area (Å²) in [6.45, 7) is 7.52. The summed E-state index contributed by atoms with van der Waals surface area (Å²) in [6, 6.07) is 3.21. The Hall–Kier alpha value is -1.13. The Bertz CT molecular complexity index is 394. The van der Waals surface area contributed by atoms with Crippen LogP contribution in [0.25, 0.3) is 0 Å². The molecule has 3 nitrogen and oxygen atoms in total. The first-order chi connectivity index (χ1) is 8.51. The van der Waals surface area contributed by atoms with Gasteiger partial charge in [-0.3, -0.25) is 0 Å². The molecule has 102 valence electrons. The highest BCUT2D eigenvalue weighted by Crippen LogP contribution is 2.29. The van der Waals surface area contributed by atoms with Crippen molar-refractivity contribution in [1.29, 1.82) is 0 Å². The number of methoxy groups -OCH3 is 1. The van der Waals surface area contributed by atoms with Gasteiger partial charge in [-0.05, 0) is 38.5 Å². The number of aliphatic hydroxyl groups is 1. The smallest absolute Gasteiger partial charge is 0.126 e. The van der Waals surface area contributed by atoms with Gasteiger partial charge in [-0.25, -0.2) is 4.39 Å². The fraction of sp³-hybridized carbons (Fsp3) is 0.571. The largest absolute Gasteiger partial charge is 0.389 e. The van der Waals surface area contributed by atoms with E-state index in [2.05, 4.69) is 4.90 Å². The Kier molecular flexibility index (Phi) is 5.56. The van der Waals surface area contributed by atoms with Crippen molar-refractivity contribution in [2.24, 2.45) is 0 Å². The molecule has 0 saturated heterocycles. The highest BCUT2D eigenvalue weighted by Gasteiger charge is 2.16. The van der Waals surface area contributed by atoms with Gasteiger partial charge < -0.3 is 14.7 Å². The van der Waals surface area contributed by atoms with Gasteiger partial charge in [-0.15, -0.1) is 0 Å². The van der Waals surface area contributed by atoms with Crippen molar-refractivity contribution in [3.05, 3.63) is 29.1 Å². The number of nitrogens with zero attached hydrogens (tertiary/aromatic N) is 1. The van der Waals surface area contributed by atoms with Gasteiger partial charge in [-0.2, -0.15) is 0 Å². The van der Waals surface area contributed by atoms with E-state index in [4.69, 9.17) is 4.74 Å². The van der Waals surface area contributed by atoms with Gasteiger partial charge >= 0.3 is 0 Å². The fourth-order valence-corrected chi connectivity index (χ4v) is 1.94. The molecule has 0 heterocycles. The Morgan fingerprint density at radius 2 is 2.11 bits per heavy atom. The molecule has 1 rings (SSSR count). The van der Waals surface area contributed by atoms with Crippen molar-refractivity contribution in [1.82, 2.24) is 0 Å². The Morgan fingerprint density at radius 3 is 2.61 bits per heavy atom. The molecule has 1 aromatic carbocycles. The average Bonchev–Trinajstić information content (AvgIpc) is 2.33. The Balaban J connectivity index is 3.14. The number of halogens is 1. The van der Waals surface area contributed by atoms with E-state index in [-0.39, 0.29) is 5.82 Å². The summed E-state index contributed by atoms with van der Waals surface area (Å²) in [7, 11) is 1.65. The van der Waals surface area contributed by atoms with Crippen LogP contribution in [-0.4, -0.2) is 31.9 Å². The van der Waals surface area contributed by atoms with Gasteiger partial charge in [0.2, 0.25) is 0 Å². The summed E-state index contributed by atoms with van der Waals surface area (Å²) in [5.41, 5.74) is 2.09. The van der Waals surface area contributed by atoms with Gasteiger partial charge in [0.15, 0.2) is 0 Å². The molecule has 4 heteroatoms. The lowest BCUT2D eigenvalue weighted by Gasteiger charge is -2.27. The molecule has 0 radical (unpaired) electrons. The van der Waals surface area contributed by atoms with E-state index >= 15 is 0 Å². The second-order valence-corrected chi connectivity index (χ2v) is 4.41. The van der Waals surface area contributed by atoms with E-state index < -0.39 is 6.10 Å². The van der Waals surface area contributed by atoms with E-state index in [9.17, 15) is 9.50 Å². The number of ether oxygens (including phenoxy) is 1. The summed E-state index contributed by atoms with van der Waals surface area (Å²) < 4.78 is 18.7. The minimum Gasteiger partial charge on any atom is -0.389 e. The Morgan fingerprint density at radius 1 is 1.44 bits per heavy atom. The number of likely N-dealkylation sites (N-methyl/N-ethyl adjacent to an activating group) is 1. The lowest BCUT2D eigenvalue weighted by atomic mass is 10.0. The molecule has 1 atom stereocenters. The fourth-order valence-electron chi connectivity index (χ4n) is 1.94. The maximum atomic E-state index is 13.6. The standard InChI is InChI=1S/C14H22FNO2/c1-5-16(6-7-18-4)14-8-10(2)13(15)9-12(14)11(3)17/h8-9,11,17H,5-7H2,1-4H3. The van der Waals surface area contributed by atoms with E-state index in [0.717, 1.165) is 18.8 Å². The molecular formula is C14H22FNO2. The third-order valence-electron chi connectivity index (χ3n) is 3.05. The van der Waals surface area contributed by atoms with Crippen LogP contribution in [0, 0.1) is 12.7 Å². The maximum absolute atomic E-state index is 13.6. The number of rotatable bonds is 6. The molecular weight excluding hydrogens is 233 g/mol. The van der Waals surface area contributed by atoms with Crippen molar-refractivity contribution in [2.45, 2.75) is 26.9 Å². The summed E-state index contributed by atoms with van der Waals surface area (Å²) in [6.07, 6.45) is -0.688. The van der Waals surface area contributed by atoms with Crippen LogP contribution in [0.5, 0.6) is 0 Å². The first kappa shape index (κ1) is 14.9. The zero-order valence-electron chi connectivity index (χ0n) is 11.5. The molecule has 0 fully saturated rings. The van der Waals surface area contributed by atoms with Crippen molar-refractivity contribution in [2.75, 3.05) is 31.7 Å². The van der Waals surface area contributed by atoms with Gasteiger partial charge in [0.25, 0.3) is 0 Å². The molecule has 1 unspecified atom stereocenters. The van der Waals surface area contributed by atoms with Crippen LogP contribution in [0.15, 0.2) is 12.1 Å². The molecule has 0 aliphatic rings. The van der Waals surface area contributed by atoms with Crippen LogP contribution >= 0.6 is 0 Å². The number of anilines is 1. The van der Waals surface area contributed by atoms with Crippen LogP contribution in [-0.2, 0) is 4.74 Å². The normalized spacial score (nSPS) is 12.6. The van der Waals surface area contributed by atoms with Gasteiger partial charge in [-0.1, -0.05) is 0 Å². The van der Waals surface area contributed by atoms with Gasteiger partial charge in [0.1, 0.15) is 5.82 Å². The molecule has 0 saturated carbocycles. The number of hydrogen-bond donors (Lipinski definition) is 1. The van der Waals surface area contributed by atoms with Crippen molar-refractivity contribution in [3.63, 3.8) is 0 Å². The molecule has 0 bridgehead atoms. The summed E-state index contributed by atoms with van der Waals surface area (Å²) in [5.74, 6) is -0.280. The van der Waals surface area contributed by atoms with Crippen LogP contribution in [0.2, 0.25) is 0 Å². The summed E-state index contributed by atoms with van der Waals surface area (Å²) >= 11 is 0. The van der Waals surface area contributed by atoms with Crippen molar-refractivity contribution >= 4 is 5.69 Å². The predicted octanol–water partition coefficient (Wildman–Crippen LogP) is 2.66. The summed E-state index contributed by atoms with van der Waals surface area (Å²) in [4.78, 5) is 2.08. The predicted molar refractivity (Wildman–Crippen MR) is 71.5 cm³/mol. The number of aryl methyl sites for hydroxylation is 1. The lowest BCUT2D eigenvalue weighted by molar-refractivity contribution is 0.197. The Labute approximate surface area is 108 Å². The van der Waals surface area contributed by atoms with Gasteiger partial charge in [0, 0.05) is 31.5 Å². The van der Waals surface area contributed by atoms with E-state index in [1.807, 2.05) is 6.92 Å². The average molecular weight is 255 g/mol. The minimum atomic E-state index is -0.688. The quantitative estimate of drug-likeness (QED) is 0.848. The van der Waals surface area contributed by atoms with Crippen LogP contribution in [0.4, 0.5) is 10.1 Å². The highest BCUT2D eigenvalue weighted by atomic mass is 19.1. The third kappa shape index (κ3) is 3.43. The first-order valence-electron chi connectivity index (χ1n) is 6.23. The zero-order chi connectivity index (χ0) is 13.7. The number of hydrogen-bond acceptors (Lipinski definition) is 3. The van der Waals surface area contributed by atoms with E-state index in [1.165, 1.54) is 6.07 Å². The van der Waals surface area contributed by atoms with E-state index in [1.54, 1.807) is 27.0 Å². The number of aliphatic hydroxyl groups excluding tert-OH is 1. The topological polar surface area (TPSA) is 32.7 Å². The molecule has 1 N–H and O–H groups in total. The maximum Gasteiger partial charge on any atom is 0.126 e.